The van der Waals surface area contributed by atoms with Gasteiger partial charge >= 0.3 is 0 Å². The second-order valence-corrected chi connectivity index (χ2v) is 4.06. The summed E-state index contributed by atoms with van der Waals surface area (Å²) < 4.78 is 23.7. The molecule has 0 aliphatic heterocycles. The van der Waals surface area contributed by atoms with Crippen molar-refractivity contribution >= 4 is 10.0 Å². The smallest absolute Gasteiger partial charge is 0.256 e. The van der Waals surface area contributed by atoms with Crippen molar-refractivity contribution in [1.29, 1.82) is 0 Å². The minimum atomic E-state index is -3.56. The summed E-state index contributed by atoms with van der Waals surface area (Å²) in [6, 6.07) is 0. The van der Waals surface area contributed by atoms with Gasteiger partial charge in [-0.25, -0.2) is 8.42 Å². The molecule has 0 radical (unpaired) electrons. The number of nitrogens with zero attached hydrogens (tertiary/aromatic N) is 2. The van der Waals surface area contributed by atoms with Crippen molar-refractivity contribution in [2.24, 2.45) is 12.9 Å². The van der Waals surface area contributed by atoms with Crippen LogP contribution in [0.1, 0.15) is 5.69 Å². The Labute approximate surface area is 70.4 Å². The van der Waals surface area contributed by atoms with E-state index in [0.717, 1.165) is 0 Å². The first kappa shape index (κ1) is 9.17. The molecule has 0 saturated carbocycles. The van der Waals surface area contributed by atoms with Crippen LogP contribution >= 0.6 is 0 Å². The van der Waals surface area contributed by atoms with Crippen molar-refractivity contribution in [3.63, 3.8) is 0 Å². The van der Waals surface area contributed by atoms with E-state index in [0.29, 0.717) is 5.69 Å². The van der Waals surface area contributed by atoms with Gasteiger partial charge in [0.05, 0.1) is 5.69 Å². The molecule has 0 aromatic carbocycles. The molecule has 0 atom stereocenters. The van der Waals surface area contributed by atoms with Gasteiger partial charge < -0.3 is 0 Å². The fourth-order valence-electron chi connectivity index (χ4n) is 0.905. The molecule has 1 heterocycles. The van der Waals surface area contributed by atoms with Crippen LogP contribution in [0, 0.1) is 6.92 Å². The van der Waals surface area contributed by atoms with Crippen LogP contribution in [0.2, 0.25) is 0 Å². The van der Waals surface area contributed by atoms with E-state index in [1.54, 1.807) is 18.8 Å². The van der Waals surface area contributed by atoms with Crippen molar-refractivity contribution in [1.82, 2.24) is 14.6 Å². The molecule has 1 aromatic heterocycles. The molecule has 3 N–H and O–H groups in total. The molecule has 0 amide bonds. The van der Waals surface area contributed by atoms with Crippen LogP contribution in [0.4, 0.5) is 0 Å². The molecule has 0 saturated heterocycles. The second kappa shape index (κ2) is 2.85. The highest BCUT2D eigenvalue weighted by Crippen LogP contribution is 2.10. The zero-order valence-electron chi connectivity index (χ0n) is 6.77. The maximum Gasteiger partial charge on any atom is 0.256 e. The number of nitrogens with two attached hydrogens (primary N) is 1. The standard InChI is InChI=1S/C5H10N4O2S/c1-4-5(3-9(2)7-4)12(10,11)8-6/h3,8H,6H2,1-2H3. The van der Waals surface area contributed by atoms with Crippen molar-refractivity contribution in [2.45, 2.75) is 11.8 Å². The fourth-order valence-corrected chi connectivity index (χ4v) is 1.75. The quantitative estimate of drug-likeness (QED) is 0.456. The molecule has 0 unspecified atom stereocenters. The first-order valence-corrected chi connectivity index (χ1v) is 4.68. The highest BCUT2D eigenvalue weighted by molar-refractivity contribution is 7.89. The Balaban J connectivity index is 3.29. The second-order valence-electron chi connectivity index (χ2n) is 2.37. The van der Waals surface area contributed by atoms with Gasteiger partial charge in [-0.15, -0.1) is 4.83 Å². The van der Waals surface area contributed by atoms with Gasteiger partial charge in [-0.3, -0.25) is 10.5 Å². The molecule has 0 spiro atoms. The van der Waals surface area contributed by atoms with Gasteiger partial charge in [0.15, 0.2) is 0 Å². The third-order valence-corrected chi connectivity index (χ3v) is 2.70. The lowest BCUT2D eigenvalue weighted by Gasteiger charge is -1.97. The Hall–Kier alpha value is -0.920. The molecule has 7 heteroatoms. The average molecular weight is 190 g/mol. The van der Waals surface area contributed by atoms with E-state index in [1.807, 2.05) is 0 Å². The predicted octanol–water partition coefficient (Wildman–Crippen LogP) is -1.12. The fraction of sp³-hybridized carbons (Fsp3) is 0.400. The first-order chi connectivity index (χ1) is 5.47. The van der Waals surface area contributed by atoms with Crippen LogP contribution in [0.15, 0.2) is 11.1 Å². The molecular formula is C5H10N4O2S. The lowest BCUT2D eigenvalue weighted by molar-refractivity contribution is 0.583. The van der Waals surface area contributed by atoms with E-state index < -0.39 is 10.0 Å². The largest absolute Gasteiger partial charge is 0.274 e. The summed E-state index contributed by atoms with van der Waals surface area (Å²) in [4.78, 5) is 1.83. The summed E-state index contributed by atoms with van der Waals surface area (Å²) in [7, 11) is -1.92. The van der Waals surface area contributed by atoms with Crippen LogP contribution < -0.4 is 10.7 Å². The topological polar surface area (TPSA) is 90.0 Å². The number of hydrazine groups is 1. The molecule has 6 nitrogen and oxygen atoms in total. The van der Waals surface area contributed by atoms with Gasteiger partial charge in [0.2, 0.25) is 0 Å². The highest BCUT2D eigenvalue weighted by Gasteiger charge is 2.17. The molecule has 0 aliphatic rings. The number of aromatic nitrogens is 2. The van der Waals surface area contributed by atoms with E-state index in [2.05, 4.69) is 5.10 Å². The Bertz CT molecular complexity index is 380. The van der Waals surface area contributed by atoms with Gasteiger partial charge in [0.25, 0.3) is 10.0 Å². The lowest BCUT2D eigenvalue weighted by Crippen LogP contribution is -2.30. The molecule has 0 bridgehead atoms. The Morgan fingerprint density at radius 2 is 2.25 bits per heavy atom. The SMILES string of the molecule is Cc1nn(C)cc1S(=O)(=O)NN. The first-order valence-electron chi connectivity index (χ1n) is 3.20. The number of hydrogen-bond acceptors (Lipinski definition) is 4. The summed E-state index contributed by atoms with van der Waals surface area (Å²) in [5, 5.41) is 3.87. The van der Waals surface area contributed by atoms with Gasteiger partial charge in [-0.2, -0.15) is 5.10 Å². The van der Waals surface area contributed by atoms with E-state index in [4.69, 9.17) is 5.84 Å². The molecule has 1 aromatic rings. The summed E-state index contributed by atoms with van der Waals surface area (Å²) in [6.07, 6.45) is 1.39. The van der Waals surface area contributed by atoms with Gasteiger partial charge in [0.1, 0.15) is 4.90 Å². The minimum Gasteiger partial charge on any atom is -0.274 e. The molecule has 12 heavy (non-hydrogen) atoms. The molecule has 68 valence electrons. The van der Waals surface area contributed by atoms with Crippen LogP contribution in [0.5, 0.6) is 0 Å². The third-order valence-electron chi connectivity index (χ3n) is 1.41. The van der Waals surface area contributed by atoms with Crippen molar-refractivity contribution in [3.8, 4) is 0 Å². The summed E-state index contributed by atoms with van der Waals surface area (Å²) in [6.45, 7) is 1.60. The normalized spacial score (nSPS) is 11.9. The molecule has 0 aliphatic carbocycles. The highest BCUT2D eigenvalue weighted by atomic mass is 32.2. The van der Waals surface area contributed by atoms with Crippen molar-refractivity contribution in [2.75, 3.05) is 0 Å². The van der Waals surface area contributed by atoms with E-state index in [1.165, 1.54) is 10.9 Å². The summed E-state index contributed by atoms with van der Waals surface area (Å²) in [5.41, 5.74) is 0.426. The van der Waals surface area contributed by atoms with E-state index in [9.17, 15) is 8.42 Å². The summed E-state index contributed by atoms with van der Waals surface area (Å²) >= 11 is 0. The number of hydrogen-bond donors (Lipinski definition) is 2. The van der Waals surface area contributed by atoms with E-state index >= 15 is 0 Å². The van der Waals surface area contributed by atoms with Gasteiger partial charge in [-0.05, 0) is 6.92 Å². The van der Waals surface area contributed by atoms with Crippen LogP contribution in [0.3, 0.4) is 0 Å². The minimum absolute atomic E-state index is 0.104. The number of sulfonamides is 1. The van der Waals surface area contributed by atoms with Gasteiger partial charge in [-0.1, -0.05) is 0 Å². The van der Waals surface area contributed by atoms with Crippen molar-refractivity contribution < 1.29 is 8.42 Å². The molecular weight excluding hydrogens is 180 g/mol. The molecule has 0 fully saturated rings. The monoisotopic (exact) mass is 190 g/mol. The van der Waals surface area contributed by atoms with Crippen LogP contribution in [0.25, 0.3) is 0 Å². The Morgan fingerprint density at radius 1 is 1.67 bits per heavy atom. The molecule has 1 rings (SSSR count). The Morgan fingerprint density at radius 3 is 2.58 bits per heavy atom. The summed E-state index contributed by atoms with van der Waals surface area (Å²) in [5.74, 6) is 4.84. The maximum absolute atomic E-state index is 11.1. The zero-order chi connectivity index (χ0) is 9.35. The average Bonchev–Trinajstić information content (AvgIpc) is 2.31. The lowest BCUT2D eigenvalue weighted by atomic mass is 10.5. The zero-order valence-corrected chi connectivity index (χ0v) is 7.59. The number of aryl methyl sites for hydroxylation is 2. The van der Waals surface area contributed by atoms with Gasteiger partial charge in [0, 0.05) is 13.2 Å². The predicted molar refractivity (Wildman–Crippen MR) is 42.5 cm³/mol. The maximum atomic E-state index is 11.1. The Kier molecular flexibility index (Phi) is 2.18. The number of nitrogens with one attached hydrogen (secondary N) is 1. The van der Waals surface area contributed by atoms with Crippen molar-refractivity contribution in [3.05, 3.63) is 11.9 Å². The van der Waals surface area contributed by atoms with E-state index in [-0.39, 0.29) is 4.90 Å². The van der Waals surface area contributed by atoms with Crippen LogP contribution in [-0.2, 0) is 17.1 Å². The third kappa shape index (κ3) is 1.47. The van der Waals surface area contributed by atoms with Crippen LogP contribution in [-0.4, -0.2) is 18.2 Å². The number of rotatable bonds is 2.